The summed E-state index contributed by atoms with van der Waals surface area (Å²) in [5.74, 6) is 0.586. The summed E-state index contributed by atoms with van der Waals surface area (Å²) in [7, 11) is 0.476. The van der Waals surface area contributed by atoms with Gasteiger partial charge < -0.3 is 10.2 Å². The fourth-order valence-electron chi connectivity index (χ4n) is 2.04. The second-order valence-electron chi connectivity index (χ2n) is 5.76. The zero-order valence-electron chi connectivity index (χ0n) is 14.2. The van der Waals surface area contributed by atoms with Gasteiger partial charge in [0.05, 0.1) is 17.6 Å². The summed E-state index contributed by atoms with van der Waals surface area (Å²) in [6.07, 6.45) is 1.66. The molecule has 7 nitrogen and oxygen atoms in total. The molecule has 2 aromatic rings. The maximum atomic E-state index is 12.1. The molecule has 2 rings (SSSR count). The van der Waals surface area contributed by atoms with Gasteiger partial charge in [0.15, 0.2) is 5.82 Å². The van der Waals surface area contributed by atoms with E-state index in [1.807, 2.05) is 56.3 Å². The highest BCUT2D eigenvalue weighted by Gasteiger charge is 2.10. The van der Waals surface area contributed by atoms with Gasteiger partial charge in [0.25, 0.3) is 0 Å². The fourth-order valence-corrected chi connectivity index (χ4v) is 3.19. The minimum atomic E-state index is -3.36. The lowest BCUT2D eigenvalue weighted by atomic mass is 10.2. The van der Waals surface area contributed by atoms with Crippen molar-refractivity contribution in [1.82, 2.24) is 14.9 Å². The van der Waals surface area contributed by atoms with Crippen LogP contribution in [0, 0.1) is 6.92 Å². The summed E-state index contributed by atoms with van der Waals surface area (Å²) in [6.45, 7) is 2.68. The number of hydrogen-bond donors (Lipinski definition) is 2. The van der Waals surface area contributed by atoms with Crippen molar-refractivity contribution in [3.63, 3.8) is 0 Å². The van der Waals surface area contributed by atoms with Gasteiger partial charge in [0.1, 0.15) is 0 Å². The van der Waals surface area contributed by atoms with E-state index in [1.165, 1.54) is 0 Å². The third-order valence-corrected chi connectivity index (χ3v) is 4.74. The van der Waals surface area contributed by atoms with Crippen LogP contribution in [-0.4, -0.2) is 45.8 Å². The van der Waals surface area contributed by atoms with Gasteiger partial charge in [-0.15, -0.1) is 5.10 Å². The first-order valence-corrected chi connectivity index (χ1v) is 9.28. The molecule has 8 heteroatoms. The van der Waals surface area contributed by atoms with Crippen LogP contribution >= 0.6 is 0 Å². The van der Waals surface area contributed by atoms with Crippen LogP contribution in [0.15, 0.2) is 36.5 Å². The Hall–Kier alpha value is -2.19. The number of sulfonamides is 1. The minimum absolute atomic E-state index is 0.0246. The summed E-state index contributed by atoms with van der Waals surface area (Å²) < 4.78 is 26.7. The zero-order chi connectivity index (χ0) is 17.6. The maximum Gasteiger partial charge on any atom is 0.215 e. The fraction of sp³-hybridized carbons (Fsp3) is 0.375. The quantitative estimate of drug-likeness (QED) is 0.700. The molecule has 0 fully saturated rings. The lowest BCUT2D eigenvalue weighted by Gasteiger charge is -2.13. The molecular weight excluding hydrogens is 326 g/mol. The van der Waals surface area contributed by atoms with Gasteiger partial charge >= 0.3 is 0 Å². The van der Waals surface area contributed by atoms with E-state index in [4.69, 9.17) is 0 Å². The highest BCUT2D eigenvalue weighted by atomic mass is 32.2. The molecule has 0 radical (unpaired) electrons. The SMILES string of the molecule is Cc1ccc(CS(=O)(=O)NCCNc2cc(N(C)C)cnn2)cc1. The van der Waals surface area contributed by atoms with Crippen LogP contribution in [0.1, 0.15) is 11.1 Å². The van der Waals surface area contributed by atoms with E-state index in [-0.39, 0.29) is 12.3 Å². The Morgan fingerprint density at radius 3 is 2.50 bits per heavy atom. The summed E-state index contributed by atoms with van der Waals surface area (Å²) in [5.41, 5.74) is 2.80. The number of nitrogens with zero attached hydrogens (tertiary/aromatic N) is 3. The van der Waals surface area contributed by atoms with E-state index in [1.54, 1.807) is 6.20 Å². The van der Waals surface area contributed by atoms with Gasteiger partial charge in [-0.2, -0.15) is 5.10 Å². The molecule has 0 atom stereocenters. The highest BCUT2D eigenvalue weighted by Crippen LogP contribution is 2.12. The van der Waals surface area contributed by atoms with Gasteiger partial charge in [-0.1, -0.05) is 29.8 Å². The number of rotatable bonds is 8. The van der Waals surface area contributed by atoms with Crippen LogP contribution in [0.25, 0.3) is 0 Å². The van der Waals surface area contributed by atoms with Crippen molar-refractivity contribution >= 4 is 21.5 Å². The lowest BCUT2D eigenvalue weighted by Crippen LogP contribution is -2.30. The number of aryl methyl sites for hydroxylation is 1. The summed E-state index contributed by atoms with van der Waals surface area (Å²) in [6, 6.07) is 9.32. The molecular formula is C16H23N5O2S. The Kier molecular flexibility index (Phi) is 6.10. The Morgan fingerprint density at radius 2 is 1.83 bits per heavy atom. The van der Waals surface area contributed by atoms with Crippen LogP contribution in [-0.2, 0) is 15.8 Å². The molecule has 0 aliphatic rings. The van der Waals surface area contributed by atoms with Crippen molar-refractivity contribution in [2.45, 2.75) is 12.7 Å². The lowest BCUT2D eigenvalue weighted by molar-refractivity contribution is 0.582. The van der Waals surface area contributed by atoms with Crippen molar-refractivity contribution in [3.8, 4) is 0 Å². The molecule has 0 unspecified atom stereocenters. The number of nitrogens with one attached hydrogen (secondary N) is 2. The van der Waals surface area contributed by atoms with E-state index in [2.05, 4.69) is 20.2 Å². The van der Waals surface area contributed by atoms with Crippen molar-refractivity contribution in [2.75, 3.05) is 37.4 Å². The normalized spacial score (nSPS) is 11.3. The minimum Gasteiger partial charge on any atom is -0.376 e. The molecule has 1 aromatic heterocycles. The number of hydrogen-bond acceptors (Lipinski definition) is 6. The Bertz CT molecular complexity index is 760. The largest absolute Gasteiger partial charge is 0.376 e. The van der Waals surface area contributed by atoms with Crippen LogP contribution < -0.4 is 14.9 Å². The van der Waals surface area contributed by atoms with Crippen LogP contribution in [0.3, 0.4) is 0 Å². The van der Waals surface area contributed by atoms with Gasteiger partial charge in [-0.05, 0) is 12.5 Å². The van der Waals surface area contributed by atoms with Crippen molar-refractivity contribution in [2.24, 2.45) is 0 Å². The number of anilines is 2. The van der Waals surface area contributed by atoms with E-state index in [0.717, 1.165) is 16.8 Å². The topological polar surface area (TPSA) is 87.2 Å². The predicted molar refractivity (Wildman–Crippen MR) is 96.7 cm³/mol. The van der Waals surface area contributed by atoms with E-state index in [9.17, 15) is 8.42 Å². The predicted octanol–water partition coefficient (Wildman–Crippen LogP) is 1.38. The third kappa shape index (κ3) is 5.78. The molecule has 2 N–H and O–H groups in total. The van der Waals surface area contributed by atoms with Gasteiger partial charge in [-0.3, -0.25) is 0 Å². The van der Waals surface area contributed by atoms with Crippen molar-refractivity contribution in [1.29, 1.82) is 0 Å². The average Bonchev–Trinajstić information content (AvgIpc) is 2.54. The first-order chi connectivity index (χ1) is 11.4. The number of aromatic nitrogens is 2. The zero-order valence-corrected chi connectivity index (χ0v) is 15.0. The Labute approximate surface area is 143 Å². The summed E-state index contributed by atoms with van der Waals surface area (Å²) >= 11 is 0. The third-order valence-electron chi connectivity index (χ3n) is 3.39. The molecule has 24 heavy (non-hydrogen) atoms. The van der Waals surface area contributed by atoms with Crippen LogP contribution in [0.4, 0.5) is 11.5 Å². The molecule has 0 spiro atoms. The smallest absolute Gasteiger partial charge is 0.215 e. The second kappa shape index (κ2) is 8.07. The van der Waals surface area contributed by atoms with E-state index >= 15 is 0 Å². The second-order valence-corrected chi connectivity index (χ2v) is 7.57. The molecule has 0 aliphatic heterocycles. The summed E-state index contributed by atoms with van der Waals surface area (Å²) in [4.78, 5) is 1.92. The number of benzene rings is 1. The van der Waals surface area contributed by atoms with Crippen LogP contribution in [0.5, 0.6) is 0 Å². The molecule has 1 aromatic carbocycles. The standard InChI is InChI=1S/C16H23N5O2S/c1-13-4-6-14(7-5-13)12-24(22,23)19-9-8-17-16-10-15(21(2)3)11-18-20-16/h4-7,10-11,19H,8-9,12H2,1-3H3,(H,17,20). The molecule has 0 saturated carbocycles. The van der Waals surface area contributed by atoms with Gasteiger partial charge in [0, 0.05) is 33.3 Å². The first-order valence-electron chi connectivity index (χ1n) is 7.62. The van der Waals surface area contributed by atoms with Gasteiger partial charge in [-0.25, -0.2) is 13.1 Å². The molecule has 130 valence electrons. The molecule has 0 bridgehead atoms. The van der Waals surface area contributed by atoms with E-state index in [0.29, 0.717) is 12.4 Å². The van der Waals surface area contributed by atoms with E-state index < -0.39 is 10.0 Å². The molecule has 1 heterocycles. The molecule has 0 amide bonds. The monoisotopic (exact) mass is 349 g/mol. The molecule has 0 saturated heterocycles. The Balaban J connectivity index is 1.80. The van der Waals surface area contributed by atoms with Gasteiger partial charge in [0.2, 0.25) is 10.0 Å². The van der Waals surface area contributed by atoms with Crippen molar-refractivity contribution in [3.05, 3.63) is 47.7 Å². The maximum absolute atomic E-state index is 12.1. The van der Waals surface area contributed by atoms with Crippen LogP contribution in [0.2, 0.25) is 0 Å². The summed E-state index contributed by atoms with van der Waals surface area (Å²) in [5, 5.41) is 10.9. The molecule has 0 aliphatic carbocycles. The average molecular weight is 349 g/mol. The Morgan fingerprint density at radius 1 is 1.12 bits per heavy atom. The van der Waals surface area contributed by atoms with Crippen molar-refractivity contribution < 1.29 is 8.42 Å². The highest BCUT2D eigenvalue weighted by molar-refractivity contribution is 7.88. The first kappa shape index (κ1) is 18.2.